The Morgan fingerprint density at radius 2 is 1.53 bits per heavy atom. The molecule has 0 saturated carbocycles. The summed E-state index contributed by atoms with van der Waals surface area (Å²) in [6, 6.07) is 0. The molecular formula is C11H24N4. The van der Waals surface area contributed by atoms with Gasteiger partial charge in [0.05, 0.1) is 0 Å². The van der Waals surface area contributed by atoms with Gasteiger partial charge >= 0.3 is 0 Å². The average molecular weight is 212 g/mol. The fourth-order valence-corrected chi connectivity index (χ4v) is 1.48. The summed E-state index contributed by atoms with van der Waals surface area (Å²) in [6.45, 7) is 3.15. The molecule has 0 aromatic heterocycles. The van der Waals surface area contributed by atoms with Crippen LogP contribution in [0.15, 0.2) is 0 Å². The first kappa shape index (κ1) is 14.2. The van der Waals surface area contributed by atoms with E-state index in [9.17, 15) is 0 Å². The predicted octanol–water partition coefficient (Wildman–Crippen LogP) is 2.21. The van der Waals surface area contributed by atoms with Gasteiger partial charge < -0.3 is 0 Å². The molecule has 0 heterocycles. The van der Waals surface area contributed by atoms with Gasteiger partial charge in [-0.1, -0.05) is 51.9 Å². The summed E-state index contributed by atoms with van der Waals surface area (Å²) in [4.78, 5) is 0. The third-order valence-electron chi connectivity index (χ3n) is 2.36. The van der Waals surface area contributed by atoms with Crippen LogP contribution >= 0.6 is 0 Å². The van der Waals surface area contributed by atoms with E-state index < -0.39 is 0 Å². The van der Waals surface area contributed by atoms with E-state index in [0.29, 0.717) is 0 Å². The number of nitrogens with one attached hydrogen (secondary N) is 3. The molecule has 0 aliphatic heterocycles. The lowest BCUT2D eigenvalue weighted by atomic mass is 10.1. The Morgan fingerprint density at radius 1 is 0.933 bits per heavy atom. The number of hydrazine groups is 2. The Hall–Kier alpha value is -0.790. The number of rotatable bonds is 11. The molecule has 3 N–H and O–H groups in total. The molecule has 4 nitrogen and oxygen atoms in total. The van der Waals surface area contributed by atoms with Gasteiger partial charge in [-0.05, 0) is 6.42 Å². The molecule has 0 aliphatic carbocycles. The van der Waals surface area contributed by atoms with Crippen molar-refractivity contribution in [1.82, 2.24) is 16.4 Å². The number of hydrogen-bond donors (Lipinski definition) is 3. The lowest BCUT2D eigenvalue weighted by Gasteiger charge is -2.04. The van der Waals surface area contributed by atoms with Gasteiger partial charge in [-0.3, -0.25) is 0 Å². The molecule has 0 fully saturated rings. The molecule has 0 spiro atoms. The van der Waals surface area contributed by atoms with Gasteiger partial charge in [-0.25, -0.2) is 10.9 Å². The van der Waals surface area contributed by atoms with Crippen molar-refractivity contribution in [2.45, 2.75) is 58.3 Å². The number of unbranched alkanes of at least 4 members (excludes halogenated alkanes) is 7. The maximum Gasteiger partial charge on any atom is 0.193 e. The Morgan fingerprint density at radius 3 is 2.13 bits per heavy atom. The Balaban J connectivity index is 2.84. The molecule has 4 heteroatoms. The van der Waals surface area contributed by atoms with Gasteiger partial charge in [0.2, 0.25) is 0 Å². The molecule has 15 heavy (non-hydrogen) atoms. The molecular weight excluding hydrogens is 188 g/mol. The molecule has 0 atom stereocenters. The van der Waals surface area contributed by atoms with Crippen molar-refractivity contribution in [2.75, 3.05) is 6.54 Å². The molecule has 0 amide bonds. The van der Waals surface area contributed by atoms with E-state index in [2.05, 4.69) is 23.3 Å². The van der Waals surface area contributed by atoms with Crippen molar-refractivity contribution in [3.8, 4) is 6.19 Å². The van der Waals surface area contributed by atoms with Crippen molar-refractivity contribution in [1.29, 1.82) is 5.26 Å². The van der Waals surface area contributed by atoms with Gasteiger partial charge in [0.1, 0.15) is 0 Å². The molecule has 88 valence electrons. The third-order valence-corrected chi connectivity index (χ3v) is 2.36. The van der Waals surface area contributed by atoms with Crippen molar-refractivity contribution in [2.24, 2.45) is 0 Å². The fraction of sp³-hybridized carbons (Fsp3) is 0.909. The van der Waals surface area contributed by atoms with E-state index in [0.717, 1.165) is 13.0 Å². The van der Waals surface area contributed by atoms with Crippen molar-refractivity contribution >= 4 is 0 Å². The SMILES string of the molecule is CCCCCCCCCCNNNC#N. The minimum Gasteiger partial charge on any atom is -0.244 e. The summed E-state index contributed by atoms with van der Waals surface area (Å²) >= 11 is 0. The lowest BCUT2D eigenvalue weighted by molar-refractivity contribution is 0.471. The third kappa shape index (κ3) is 13.2. The first-order valence-electron chi connectivity index (χ1n) is 6.03. The summed E-state index contributed by atoms with van der Waals surface area (Å²) in [5.74, 6) is 0. The quantitative estimate of drug-likeness (QED) is 0.213. The zero-order valence-electron chi connectivity index (χ0n) is 9.81. The highest BCUT2D eigenvalue weighted by atomic mass is 15.6. The highest BCUT2D eigenvalue weighted by molar-refractivity contribution is 4.57. The van der Waals surface area contributed by atoms with Gasteiger partial charge in [0.15, 0.2) is 6.19 Å². The van der Waals surface area contributed by atoms with Crippen LogP contribution in [-0.4, -0.2) is 6.54 Å². The first-order valence-corrected chi connectivity index (χ1v) is 6.03. The van der Waals surface area contributed by atoms with Crippen LogP contribution in [0, 0.1) is 11.5 Å². The van der Waals surface area contributed by atoms with E-state index in [4.69, 9.17) is 5.26 Å². The second-order valence-electron chi connectivity index (χ2n) is 3.76. The number of nitrogens with zero attached hydrogens (tertiary/aromatic N) is 1. The van der Waals surface area contributed by atoms with Crippen molar-refractivity contribution in [3.05, 3.63) is 0 Å². The van der Waals surface area contributed by atoms with Gasteiger partial charge in [0, 0.05) is 6.54 Å². The average Bonchev–Trinajstić information content (AvgIpc) is 2.26. The van der Waals surface area contributed by atoms with Crippen LogP contribution in [0.4, 0.5) is 0 Å². The van der Waals surface area contributed by atoms with E-state index in [-0.39, 0.29) is 0 Å². The zero-order chi connectivity index (χ0) is 11.2. The molecule has 0 aromatic carbocycles. The maximum atomic E-state index is 8.15. The van der Waals surface area contributed by atoms with Crippen LogP contribution < -0.4 is 16.4 Å². The van der Waals surface area contributed by atoms with E-state index in [1.807, 2.05) is 0 Å². The fourth-order valence-electron chi connectivity index (χ4n) is 1.48. The van der Waals surface area contributed by atoms with E-state index in [1.165, 1.54) is 44.9 Å². The number of hydrogen-bond acceptors (Lipinski definition) is 4. The summed E-state index contributed by atoms with van der Waals surface area (Å²) in [7, 11) is 0. The summed E-state index contributed by atoms with van der Waals surface area (Å²) in [5, 5.41) is 8.15. The normalized spacial score (nSPS) is 9.87. The summed E-state index contributed by atoms with van der Waals surface area (Å²) < 4.78 is 0. The molecule has 0 radical (unpaired) electrons. The maximum absolute atomic E-state index is 8.15. The van der Waals surface area contributed by atoms with Crippen LogP contribution in [0.25, 0.3) is 0 Å². The lowest BCUT2D eigenvalue weighted by Crippen LogP contribution is -2.40. The van der Waals surface area contributed by atoms with Gasteiger partial charge in [-0.2, -0.15) is 10.8 Å². The molecule has 0 unspecified atom stereocenters. The second kappa shape index (κ2) is 13.2. The highest BCUT2D eigenvalue weighted by Gasteiger charge is 1.90. The molecule has 0 aliphatic rings. The van der Waals surface area contributed by atoms with Crippen molar-refractivity contribution < 1.29 is 0 Å². The highest BCUT2D eigenvalue weighted by Crippen LogP contribution is 2.07. The monoisotopic (exact) mass is 212 g/mol. The van der Waals surface area contributed by atoms with Crippen LogP contribution in [0.3, 0.4) is 0 Å². The molecule has 0 aromatic rings. The van der Waals surface area contributed by atoms with Crippen LogP contribution in [0.1, 0.15) is 58.3 Å². The van der Waals surface area contributed by atoms with Crippen LogP contribution in [0.2, 0.25) is 0 Å². The predicted molar refractivity (Wildman–Crippen MR) is 62.5 cm³/mol. The standard InChI is InChI=1S/C11H24N4/c1-2-3-4-5-6-7-8-9-10-13-15-14-11-12/h13-15H,2-10H2,1H3. The Kier molecular flexibility index (Phi) is 12.5. The second-order valence-corrected chi connectivity index (χ2v) is 3.76. The summed E-state index contributed by atoms with van der Waals surface area (Å²) in [5.41, 5.74) is 7.82. The minimum atomic E-state index is 0.906. The van der Waals surface area contributed by atoms with E-state index in [1.54, 1.807) is 6.19 Å². The smallest absolute Gasteiger partial charge is 0.193 e. The minimum absolute atomic E-state index is 0.906. The molecule has 0 saturated heterocycles. The van der Waals surface area contributed by atoms with Crippen LogP contribution in [-0.2, 0) is 0 Å². The van der Waals surface area contributed by atoms with Crippen molar-refractivity contribution in [3.63, 3.8) is 0 Å². The molecule has 0 bridgehead atoms. The van der Waals surface area contributed by atoms with Crippen LogP contribution in [0.5, 0.6) is 0 Å². The largest absolute Gasteiger partial charge is 0.244 e. The Labute approximate surface area is 93.4 Å². The van der Waals surface area contributed by atoms with E-state index >= 15 is 0 Å². The Bertz CT molecular complexity index is 153. The molecule has 0 rings (SSSR count). The zero-order valence-corrected chi connectivity index (χ0v) is 9.81. The first-order chi connectivity index (χ1) is 7.41. The van der Waals surface area contributed by atoms with Gasteiger partial charge in [-0.15, -0.1) is 0 Å². The topological polar surface area (TPSA) is 59.9 Å². The summed E-state index contributed by atoms with van der Waals surface area (Å²) in [6.07, 6.45) is 12.4. The number of nitriles is 1. The van der Waals surface area contributed by atoms with Gasteiger partial charge in [0.25, 0.3) is 0 Å².